The molecule has 0 radical (unpaired) electrons. The third kappa shape index (κ3) is 4.44. The van der Waals surface area contributed by atoms with Gasteiger partial charge in [0.1, 0.15) is 12.1 Å². The molecule has 0 spiro atoms. The molecule has 3 rings (SSSR count). The molecule has 0 saturated carbocycles. The van der Waals surface area contributed by atoms with Gasteiger partial charge >= 0.3 is 0 Å². The molecule has 0 aliphatic carbocycles. The molecule has 0 amide bonds. The smallest absolute Gasteiger partial charge is 0.183 e. The van der Waals surface area contributed by atoms with Gasteiger partial charge in [0.05, 0.1) is 10.6 Å². The summed E-state index contributed by atoms with van der Waals surface area (Å²) in [6.07, 6.45) is 3.87. The molecular formula is C20H21FN2OS2. The van der Waals surface area contributed by atoms with Crippen LogP contribution < -0.4 is 5.32 Å². The van der Waals surface area contributed by atoms with Crippen molar-refractivity contribution in [1.82, 2.24) is 4.98 Å². The number of thiazole rings is 1. The summed E-state index contributed by atoms with van der Waals surface area (Å²) in [4.78, 5) is 6.55. The first-order valence-electron chi connectivity index (χ1n) is 8.53. The van der Waals surface area contributed by atoms with Crippen LogP contribution in [0.3, 0.4) is 0 Å². The lowest BCUT2D eigenvalue weighted by Crippen LogP contribution is -1.99. The number of hydrogen-bond acceptors (Lipinski definition) is 4. The Labute approximate surface area is 160 Å². The Balaban J connectivity index is 1.99. The van der Waals surface area contributed by atoms with Crippen molar-refractivity contribution in [3.05, 3.63) is 54.3 Å². The van der Waals surface area contributed by atoms with Crippen molar-refractivity contribution in [2.24, 2.45) is 0 Å². The summed E-state index contributed by atoms with van der Waals surface area (Å²) in [5, 5.41) is 4.23. The Hall–Kier alpha value is -1.89. The summed E-state index contributed by atoms with van der Waals surface area (Å²) in [5.41, 5.74) is 2.73. The molecule has 1 unspecified atom stereocenters. The van der Waals surface area contributed by atoms with E-state index in [1.165, 1.54) is 12.1 Å². The van der Waals surface area contributed by atoms with Crippen LogP contribution in [-0.4, -0.2) is 22.3 Å². The van der Waals surface area contributed by atoms with E-state index in [9.17, 15) is 8.94 Å². The highest BCUT2D eigenvalue weighted by atomic mass is 32.2. The van der Waals surface area contributed by atoms with Gasteiger partial charge in [0, 0.05) is 12.1 Å². The van der Waals surface area contributed by atoms with Crippen molar-refractivity contribution in [3.63, 3.8) is 0 Å². The van der Waals surface area contributed by atoms with Gasteiger partial charge in [-0.15, -0.1) is 0 Å². The van der Waals surface area contributed by atoms with E-state index < -0.39 is 11.2 Å². The Morgan fingerprint density at radius 3 is 2.35 bits per heavy atom. The molecule has 3 nitrogen and oxygen atoms in total. The first kappa shape index (κ1) is 18.9. The molecule has 2 aromatic carbocycles. The summed E-state index contributed by atoms with van der Waals surface area (Å²) in [7, 11) is 0. The minimum atomic E-state index is -1.00. The molecular weight excluding hydrogens is 367 g/mol. The van der Waals surface area contributed by atoms with Gasteiger partial charge in [-0.3, -0.25) is 0 Å². The van der Waals surface area contributed by atoms with Crippen molar-refractivity contribution >= 4 is 27.6 Å². The van der Waals surface area contributed by atoms with Crippen LogP contribution >= 0.6 is 11.3 Å². The molecule has 1 heterocycles. The van der Waals surface area contributed by atoms with Crippen LogP contribution in [0.15, 0.2) is 53.4 Å². The molecule has 1 N–H and O–H groups in total. The van der Waals surface area contributed by atoms with Crippen molar-refractivity contribution < 1.29 is 8.94 Å². The summed E-state index contributed by atoms with van der Waals surface area (Å²) in [6.45, 7) is 3.03. The predicted molar refractivity (Wildman–Crippen MR) is 109 cm³/mol. The largest absolute Gasteiger partial charge is 0.612 e. The number of nitrogens with zero attached hydrogens (tertiary/aromatic N) is 1. The topological polar surface area (TPSA) is 48.0 Å². The van der Waals surface area contributed by atoms with Gasteiger partial charge < -0.3 is 9.87 Å². The number of unbranched alkanes of at least 4 members (excludes halogenated alkanes) is 1. The Kier molecular flexibility index (Phi) is 6.29. The number of rotatable bonds is 7. The third-order valence-electron chi connectivity index (χ3n) is 4.00. The standard InChI is InChI=1S/C20H21FN2OS2/c1-3-4-13-22-20-23-18(14-5-9-16(21)10-6-14)19(25-20)15-7-11-17(12-8-15)26(2)24/h5-12H,3-4,13H2,1-2H3,(H,22,23). The lowest BCUT2D eigenvalue weighted by atomic mass is 10.1. The van der Waals surface area contributed by atoms with Crippen molar-refractivity contribution in [1.29, 1.82) is 0 Å². The number of aromatic nitrogens is 1. The van der Waals surface area contributed by atoms with Crippen molar-refractivity contribution in [2.45, 2.75) is 24.7 Å². The highest BCUT2D eigenvalue weighted by Crippen LogP contribution is 2.39. The monoisotopic (exact) mass is 388 g/mol. The quantitative estimate of drug-likeness (QED) is 0.425. The summed E-state index contributed by atoms with van der Waals surface area (Å²) < 4.78 is 24.9. The zero-order valence-electron chi connectivity index (χ0n) is 14.8. The molecule has 6 heteroatoms. The van der Waals surface area contributed by atoms with Gasteiger partial charge in [-0.2, -0.15) is 0 Å². The van der Waals surface area contributed by atoms with Gasteiger partial charge in [-0.25, -0.2) is 9.37 Å². The Morgan fingerprint density at radius 1 is 1.08 bits per heavy atom. The molecule has 3 aromatic rings. The second-order valence-corrected chi connectivity index (χ2v) is 8.34. The fourth-order valence-corrected chi connectivity index (χ4v) is 4.10. The lowest BCUT2D eigenvalue weighted by molar-refractivity contribution is 0.601. The maximum Gasteiger partial charge on any atom is 0.183 e. The van der Waals surface area contributed by atoms with E-state index in [0.29, 0.717) is 0 Å². The minimum Gasteiger partial charge on any atom is -0.612 e. The zero-order valence-corrected chi connectivity index (χ0v) is 16.4. The molecule has 1 aromatic heterocycles. The Morgan fingerprint density at radius 2 is 1.73 bits per heavy atom. The highest BCUT2D eigenvalue weighted by molar-refractivity contribution is 7.90. The summed E-state index contributed by atoms with van der Waals surface area (Å²) in [6, 6.07) is 14.1. The molecule has 0 bridgehead atoms. The molecule has 0 fully saturated rings. The minimum absolute atomic E-state index is 0.262. The summed E-state index contributed by atoms with van der Waals surface area (Å²) >= 11 is 0.580. The van der Waals surface area contributed by atoms with Gasteiger partial charge in [0.25, 0.3) is 0 Å². The fourth-order valence-electron chi connectivity index (χ4n) is 2.56. The fraction of sp³-hybridized carbons (Fsp3) is 0.250. The van der Waals surface area contributed by atoms with Crippen molar-refractivity contribution in [3.8, 4) is 21.7 Å². The maximum atomic E-state index is 13.3. The van der Waals surface area contributed by atoms with E-state index in [1.54, 1.807) is 29.7 Å². The SMILES string of the molecule is CCCCNc1nc(-c2ccc(F)cc2)c(-c2ccc([S+](C)[O-])cc2)s1. The van der Waals surface area contributed by atoms with Gasteiger partial charge in [-0.1, -0.05) is 24.7 Å². The number of benzene rings is 2. The molecule has 0 aliphatic heterocycles. The molecule has 0 saturated heterocycles. The molecule has 1 atom stereocenters. The van der Waals surface area contributed by atoms with E-state index >= 15 is 0 Å². The Bertz CT molecular complexity index is 845. The van der Waals surface area contributed by atoms with E-state index in [-0.39, 0.29) is 5.82 Å². The molecule has 0 aliphatic rings. The predicted octanol–water partition coefficient (Wildman–Crippen LogP) is 5.57. The second kappa shape index (κ2) is 8.66. The lowest BCUT2D eigenvalue weighted by Gasteiger charge is -2.06. The van der Waals surface area contributed by atoms with Crippen LogP contribution in [0.1, 0.15) is 19.8 Å². The molecule has 26 heavy (non-hydrogen) atoms. The third-order valence-corrected chi connectivity index (χ3v) is 6.00. The number of anilines is 1. The first-order valence-corrected chi connectivity index (χ1v) is 10.9. The maximum absolute atomic E-state index is 13.3. The first-order chi connectivity index (χ1) is 12.6. The summed E-state index contributed by atoms with van der Waals surface area (Å²) in [5.74, 6) is -0.262. The van der Waals surface area contributed by atoms with Crippen LogP contribution in [0.2, 0.25) is 0 Å². The van der Waals surface area contributed by atoms with Gasteiger partial charge in [0.15, 0.2) is 10.0 Å². The van der Waals surface area contributed by atoms with Crippen LogP contribution in [0.5, 0.6) is 0 Å². The van der Waals surface area contributed by atoms with E-state index in [2.05, 4.69) is 12.2 Å². The average molecular weight is 389 g/mol. The van der Waals surface area contributed by atoms with E-state index in [4.69, 9.17) is 4.98 Å². The van der Waals surface area contributed by atoms with Crippen LogP contribution in [0, 0.1) is 5.82 Å². The highest BCUT2D eigenvalue weighted by Gasteiger charge is 2.16. The number of nitrogens with one attached hydrogen (secondary N) is 1. The van der Waals surface area contributed by atoms with Crippen LogP contribution in [0.25, 0.3) is 21.7 Å². The van der Waals surface area contributed by atoms with Crippen LogP contribution in [0.4, 0.5) is 9.52 Å². The average Bonchev–Trinajstić information content (AvgIpc) is 3.07. The second-order valence-electron chi connectivity index (χ2n) is 5.96. The molecule has 136 valence electrons. The zero-order chi connectivity index (χ0) is 18.5. The normalized spacial score (nSPS) is 12.2. The number of hydrogen-bond donors (Lipinski definition) is 1. The van der Waals surface area contributed by atoms with Gasteiger partial charge in [0.2, 0.25) is 0 Å². The van der Waals surface area contributed by atoms with Crippen molar-refractivity contribution in [2.75, 3.05) is 18.1 Å². The van der Waals surface area contributed by atoms with Crippen LogP contribution in [-0.2, 0) is 11.2 Å². The van der Waals surface area contributed by atoms with E-state index in [1.807, 2.05) is 24.3 Å². The van der Waals surface area contributed by atoms with E-state index in [0.717, 1.165) is 51.1 Å². The number of halogens is 1. The van der Waals surface area contributed by atoms with Gasteiger partial charge in [-0.05, 0) is 71.7 Å².